The lowest BCUT2D eigenvalue weighted by Crippen LogP contribution is -2.07. The molecule has 0 bridgehead atoms. The summed E-state index contributed by atoms with van der Waals surface area (Å²) in [5.41, 5.74) is 2.79. The van der Waals surface area contributed by atoms with E-state index >= 15 is 0 Å². The molecule has 0 spiro atoms. The molecule has 0 aliphatic heterocycles. The summed E-state index contributed by atoms with van der Waals surface area (Å²) in [5, 5.41) is 8.67. The molecule has 0 amide bonds. The molecule has 0 saturated heterocycles. The highest BCUT2D eigenvalue weighted by atomic mass is 16.5. The minimum atomic E-state index is -0.381. The molecule has 1 N–H and O–H groups in total. The summed E-state index contributed by atoms with van der Waals surface area (Å²) in [5.74, 6) is 0.442. The smallest absolute Gasteiger partial charge is 0.504 e. The molecule has 0 fully saturated rings. The van der Waals surface area contributed by atoms with E-state index in [0.29, 0.717) is 11.3 Å². The van der Waals surface area contributed by atoms with E-state index in [2.05, 4.69) is 0 Å². The first-order valence-electron chi connectivity index (χ1n) is 7.60. The van der Waals surface area contributed by atoms with Crippen molar-refractivity contribution in [2.24, 2.45) is 0 Å². The van der Waals surface area contributed by atoms with Crippen molar-refractivity contribution in [3.63, 3.8) is 0 Å². The van der Waals surface area contributed by atoms with Gasteiger partial charge in [0.1, 0.15) is 5.75 Å². The van der Waals surface area contributed by atoms with Gasteiger partial charge in [0.05, 0.1) is 0 Å². The molecule has 0 aromatic heterocycles. The summed E-state index contributed by atoms with van der Waals surface area (Å²) in [4.78, 5) is 14.1. The number of anilines is 1. The van der Waals surface area contributed by atoms with Crippen LogP contribution < -0.4 is 9.55 Å². The average Bonchev–Trinajstić information content (AvgIpc) is 2.60. The maximum absolute atomic E-state index is 12.0. The fraction of sp³-hybridized carbons (Fsp3) is 0.105. The van der Waals surface area contributed by atoms with E-state index in [-0.39, 0.29) is 13.5 Å². The normalized spacial score (nSPS) is 11.0. The van der Waals surface area contributed by atoms with Gasteiger partial charge in [0.2, 0.25) is 0 Å². The molecule has 122 valence electrons. The standard InChI is InChI=1S/C19H20BNO3/c1-21(2)17-11-7-15(8-12-17)5-3-4-6-19(22)16-9-13-18(14-10-16)24-20-23/h3-14,20,23H,1-2H3/b5-3+,6-4+. The van der Waals surface area contributed by atoms with Crippen molar-refractivity contribution < 1.29 is 14.5 Å². The third-order valence-corrected chi connectivity index (χ3v) is 3.43. The number of rotatable bonds is 7. The number of allylic oxidation sites excluding steroid dienone is 3. The number of ketones is 1. The average molecular weight is 321 g/mol. The highest BCUT2D eigenvalue weighted by molar-refractivity contribution is 6.17. The van der Waals surface area contributed by atoms with Crippen molar-refractivity contribution >= 4 is 25.2 Å². The predicted octanol–water partition coefficient (Wildman–Crippen LogP) is 2.84. The first-order valence-corrected chi connectivity index (χ1v) is 7.60. The summed E-state index contributed by atoms with van der Waals surface area (Å²) in [6.07, 6.45) is 7.03. The van der Waals surface area contributed by atoms with E-state index in [4.69, 9.17) is 9.68 Å². The van der Waals surface area contributed by atoms with Crippen LogP contribution in [0.2, 0.25) is 0 Å². The fourth-order valence-electron chi connectivity index (χ4n) is 2.08. The Morgan fingerprint density at radius 2 is 1.71 bits per heavy atom. The van der Waals surface area contributed by atoms with Gasteiger partial charge < -0.3 is 14.6 Å². The van der Waals surface area contributed by atoms with Gasteiger partial charge in [-0.25, -0.2) is 0 Å². The van der Waals surface area contributed by atoms with Gasteiger partial charge in [-0.3, -0.25) is 4.79 Å². The van der Waals surface area contributed by atoms with Crippen LogP contribution in [-0.4, -0.2) is 32.6 Å². The van der Waals surface area contributed by atoms with Crippen LogP contribution in [0.25, 0.3) is 6.08 Å². The molecule has 24 heavy (non-hydrogen) atoms. The molecule has 2 rings (SSSR count). The summed E-state index contributed by atoms with van der Waals surface area (Å²) in [6, 6.07) is 14.8. The van der Waals surface area contributed by atoms with Gasteiger partial charge in [-0.2, -0.15) is 0 Å². The van der Waals surface area contributed by atoms with Crippen LogP contribution in [0.15, 0.2) is 66.8 Å². The van der Waals surface area contributed by atoms with E-state index in [1.807, 2.05) is 55.4 Å². The number of carbonyl (C=O) groups is 1. The third kappa shape index (κ3) is 5.14. The van der Waals surface area contributed by atoms with Gasteiger partial charge in [0.25, 0.3) is 0 Å². The molecule has 4 nitrogen and oxygen atoms in total. The van der Waals surface area contributed by atoms with Crippen LogP contribution >= 0.6 is 0 Å². The second-order valence-electron chi connectivity index (χ2n) is 5.37. The Labute approximate surface area is 143 Å². The predicted molar refractivity (Wildman–Crippen MR) is 99.7 cm³/mol. The number of nitrogens with zero attached hydrogens (tertiary/aromatic N) is 1. The summed E-state index contributed by atoms with van der Waals surface area (Å²) < 4.78 is 4.92. The molecule has 0 heterocycles. The Bertz CT molecular complexity index is 719. The zero-order valence-corrected chi connectivity index (χ0v) is 13.8. The lowest BCUT2D eigenvalue weighted by atomic mass is 10.1. The van der Waals surface area contributed by atoms with Crippen LogP contribution in [-0.2, 0) is 0 Å². The second kappa shape index (κ2) is 8.74. The first-order chi connectivity index (χ1) is 11.6. The van der Waals surface area contributed by atoms with Gasteiger partial charge in [0.15, 0.2) is 5.78 Å². The summed E-state index contributed by atoms with van der Waals surface area (Å²) in [7, 11) is 3.62. The van der Waals surface area contributed by atoms with Crippen molar-refractivity contribution in [1.29, 1.82) is 0 Å². The first kappa shape index (κ1) is 17.6. The Kier molecular flexibility index (Phi) is 6.40. The molecule has 2 aromatic rings. The minimum absolute atomic E-state index is 0.0850. The minimum Gasteiger partial charge on any atom is -0.539 e. The van der Waals surface area contributed by atoms with Crippen molar-refractivity contribution in [1.82, 2.24) is 0 Å². The largest absolute Gasteiger partial charge is 0.539 e. The molecule has 0 unspecified atom stereocenters. The Morgan fingerprint density at radius 3 is 2.29 bits per heavy atom. The van der Waals surface area contributed by atoms with Crippen LogP contribution in [0.4, 0.5) is 5.69 Å². The van der Waals surface area contributed by atoms with E-state index < -0.39 is 0 Å². The Morgan fingerprint density at radius 1 is 1.04 bits per heavy atom. The van der Waals surface area contributed by atoms with E-state index in [9.17, 15) is 4.79 Å². The molecule has 2 aromatic carbocycles. The summed E-state index contributed by atoms with van der Waals surface area (Å²) >= 11 is 0. The molecular formula is C19H20BNO3. The molecule has 0 atom stereocenters. The molecule has 5 heteroatoms. The molecule has 0 aliphatic carbocycles. The molecule has 0 aliphatic rings. The van der Waals surface area contributed by atoms with E-state index in [0.717, 1.165) is 11.3 Å². The Balaban J connectivity index is 1.93. The molecular weight excluding hydrogens is 301 g/mol. The number of hydrogen-bond acceptors (Lipinski definition) is 4. The Hall–Kier alpha value is -2.79. The SMILES string of the molecule is CN(C)c1ccc(/C=C/C=C/C(=O)c2ccc(OBO)cc2)cc1. The summed E-state index contributed by atoms with van der Waals surface area (Å²) in [6.45, 7) is 0. The number of benzene rings is 2. The van der Waals surface area contributed by atoms with Crippen molar-refractivity contribution in [2.75, 3.05) is 19.0 Å². The van der Waals surface area contributed by atoms with Crippen molar-refractivity contribution in [3.8, 4) is 5.75 Å². The van der Waals surface area contributed by atoms with Gasteiger partial charge in [-0.1, -0.05) is 30.4 Å². The van der Waals surface area contributed by atoms with Crippen LogP contribution in [0.1, 0.15) is 15.9 Å². The van der Waals surface area contributed by atoms with Crippen molar-refractivity contribution in [3.05, 3.63) is 77.9 Å². The quantitative estimate of drug-likeness (QED) is 0.369. The van der Waals surface area contributed by atoms with Crippen LogP contribution in [0.5, 0.6) is 5.75 Å². The van der Waals surface area contributed by atoms with Crippen LogP contribution in [0, 0.1) is 0 Å². The highest BCUT2D eigenvalue weighted by Gasteiger charge is 2.01. The van der Waals surface area contributed by atoms with Gasteiger partial charge in [0, 0.05) is 25.3 Å². The lowest BCUT2D eigenvalue weighted by molar-refractivity contribution is 0.104. The van der Waals surface area contributed by atoms with E-state index in [1.165, 1.54) is 6.08 Å². The number of hydrogen-bond donors (Lipinski definition) is 1. The zero-order valence-electron chi connectivity index (χ0n) is 13.8. The lowest BCUT2D eigenvalue weighted by Gasteiger charge is -2.11. The fourth-order valence-corrected chi connectivity index (χ4v) is 2.08. The maximum Gasteiger partial charge on any atom is 0.504 e. The van der Waals surface area contributed by atoms with Gasteiger partial charge in [-0.15, -0.1) is 0 Å². The number of carbonyl (C=O) groups excluding carboxylic acids is 1. The molecule has 0 radical (unpaired) electrons. The maximum atomic E-state index is 12.0. The monoisotopic (exact) mass is 321 g/mol. The van der Waals surface area contributed by atoms with Crippen molar-refractivity contribution in [2.45, 2.75) is 0 Å². The zero-order chi connectivity index (χ0) is 17.4. The van der Waals surface area contributed by atoms with E-state index in [1.54, 1.807) is 30.3 Å². The van der Waals surface area contributed by atoms with Gasteiger partial charge >= 0.3 is 7.69 Å². The molecule has 0 saturated carbocycles. The van der Waals surface area contributed by atoms with Gasteiger partial charge in [-0.05, 0) is 48.0 Å². The van der Waals surface area contributed by atoms with Crippen LogP contribution in [0.3, 0.4) is 0 Å². The second-order valence-corrected chi connectivity index (χ2v) is 5.37. The highest BCUT2D eigenvalue weighted by Crippen LogP contribution is 2.14. The third-order valence-electron chi connectivity index (χ3n) is 3.43. The topological polar surface area (TPSA) is 49.8 Å².